The van der Waals surface area contributed by atoms with Crippen LogP contribution in [0.5, 0.6) is 11.5 Å². The van der Waals surface area contributed by atoms with Crippen LogP contribution in [0.4, 0.5) is 5.82 Å². The van der Waals surface area contributed by atoms with Gasteiger partial charge in [0.15, 0.2) is 5.82 Å². The third-order valence-corrected chi connectivity index (χ3v) is 4.67. The van der Waals surface area contributed by atoms with Crippen LogP contribution in [-0.4, -0.2) is 22.8 Å². The number of ether oxygens (including phenoxy) is 1. The summed E-state index contributed by atoms with van der Waals surface area (Å²) in [5.41, 5.74) is 0.947. The Morgan fingerprint density at radius 1 is 1.17 bits per heavy atom. The SMILES string of the molecule is COOSc1ccc(Oc2cc(C(=O)Nc3ccn(C)n3)cc3occc23)cc1. The van der Waals surface area contributed by atoms with Crippen molar-refractivity contribution >= 4 is 34.7 Å². The van der Waals surface area contributed by atoms with Crippen molar-refractivity contribution < 1.29 is 23.2 Å². The third-order valence-electron chi connectivity index (χ3n) is 4.00. The van der Waals surface area contributed by atoms with Crippen LogP contribution in [0.1, 0.15) is 10.4 Å². The van der Waals surface area contributed by atoms with Crippen molar-refractivity contribution in [1.82, 2.24) is 9.78 Å². The molecule has 0 atom stereocenters. The minimum atomic E-state index is -0.310. The molecule has 0 aliphatic rings. The summed E-state index contributed by atoms with van der Waals surface area (Å²) in [5, 5.41) is 7.68. The first-order valence-electron chi connectivity index (χ1n) is 8.60. The number of carbonyl (C=O) groups is 1. The molecule has 0 aliphatic heterocycles. The lowest BCUT2D eigenvalue weighted by Crippen LogP contribution is -2.12. The molecule has 2 heterocycles. The number of fused-ring (bicyclic) bond motifs is 1. The van der Waals surface area contributed by atoms with Gasteiger partial charge in [0.25, 0.3) is 5.91 Å². The zero-order chi connectivity index (χ0) is 20.2. The van der Waals surface area contributed by atoms with Gasteiger partial charge < -0.3 is 14.5 Å². The Morgan fingerprint density at radius 3 is 2.72 bits per heavy atom. The largest absolute Gasteiger partial charge is 0.464 e. The molecule has 148 valence electrons. The summed E-state index contributed by atoms with van der Waals surface area (Å²) < 4.78 is 17.9. The first-order valence-corrected chi connectivity index (χ1v) is 9.34. The van der Waals surface area contributed by atoms with Crippen molar-refractivity contribution in [2.24, 2.45) is 7.05 Å². The molecule has 8 nitrogen and oxygen atoms in total. The molecule has 1 N–H and O–H groups in total. The molecule has 0 aliphatic carbocycles. The monoisotopic (exact) mass is 411 g/mol. The topological polar surface area (TPSA) is 87.8 Å². The summed E-state index contributed by atoms with van der Waals surface area (Å²) in [6.45, 7) is 0. The number of benzene rings is 2. The summed E-state index contributed by atoms with van der Waals surface area (Å²) in [6, 6.07) is 14.1. The van der Waals surface area contributed by atoms with Crippen molar-refractivity contribution in [3.63, 3.8) is 0 Å². The molecule has 0 radical (unpaired) electrons. The van der Waals surface area contributed by atoms with E-state index in [9.17, 15) is 4.79 Å². The molecule has 9 heteroatoms. The lowest BCUT2D eigenvalue weighted by molar-refractivity contribution is -0.160. The Labute approximate surface area is 170 Å². The molecule has 0 bridgehead atoms. The van der Waals surface area contributed by atoms with Gasteiger partial charge in [-0.3, -0.25) is 9.48 Å². The fourth-order valence-electron chi connectivity index (χ4n) is 2.69. The number of anilines is 1. The average molecular weight is 411 g/mol. The molecule has 0 unspecified atom stereocenters. The first-order chi connectivity index (χ1) is 14.1. The molecular weight excluding hydrogens is 394 g/mol. The number of hydrogen-bond acceptors (Lipinski definition) is 7. The molecule has 0 saturated heterocycles. The molecule has 4 rings (SSSR count). The van der Waals surface area contributed by atoms with Crippen molar-refractivity contribution in [3.8, 4) is 11.5 Å². The maximum atomic E-state index is 12.7. The summed E-state index contributed by atoms with van der Waals surface area (Å²) >= 11 is 1.09. The van der Waals surface area contributed by atoms with Gasteiger partial charge in [0, 0.05) is 29.8 Å². The molecule has 29 heavy (non-hydrogen) atoms. The van der Waals surface area contributed by atoms with E-state index in [-0.39, 0.29) is 5.91 Å². The Kier molecular flexibility index (Phi) is 5.52. The zero-order valence-corrected chi connectivity index (χ0v) is 16.4. The van der Waals surface area contributed by atoms with Crippen LogP contribution in [0.2, 0.25) is 0 Å². The van der Waals surface area contributed by atoms with Crippen molar-refractivity contribution in [1.29, 1.82) is 0 Å². The van der Waals surface area contributed by atoms with Crippen LogP contribution in [0.25, 0.3) is 11.0 Å². The van der Waals surface area contributed by atoms with Crippen LogP contribution in [0.3, 0.4) is 0 Å². The Hall–Kier alpha value is -3.27. The lowest BCUT2D eigenvalue weighted by Gasteiger charge is -2.10. The van der Waals surface area contributed by atoms with Gasteiger partial charge in [-0.05, 0) is 42.5 Å². The van der Waals surface area contributed by atoms with E-state index in [4.69, 9.17) is 13.5 Å². The second-order valence-corrected chi connectivity index (χ2v) is 6.80. The van der Waals surface area contributed by atoms with E-state index < -0.39 is 0 Å². The Balaban J connectivity index is 1.58. The first kappa shape index (κ1) is 19.1. The predicted octanol–water partition coefficient (Wildman–Crippen LogP) is 4.80. The summed E-state index contributed by atoms with van der Waals surface area (Å²) in [5.74, 6) is 1.27. The minimum absolute atomic E-state index is 0.310. The smallest absolute Gasteiger partial charge is 0.257 e. The van der Waals surface area contributed by atoms with Crippen LogP contribution < -0.4 is 10.1 Å². The number of amides is 1. The molecule has 4 aromatic rings. The Morgan fingerprint density at radius 2 is 2.00 bits per heavy atom. The molecule has 1 amide bonds. The van der Waals surface area contributed by atoms with Gasteiger partial charge >= 0.3 is 0 Å². The third kappa shape index (κ3) is 4.43. The summed E-state index contributed by atoms with van der Waals surface area (Å²) in [4.78, 5) is 18.1. The Bertz CT molecular complexity index is 1140. The molecule has 2 aromatic carbocycles. The van der Waals surface area contributed by atoms with Crippen LogP contribution in [0.15, 0.2) is 70.3 Å². The zero-order valence-electron chi connectivity index (χ0n) is 15.6. The van der Waals surface area contributed by atoms with Gasteiger partial charge in [-0.25, -0.2) is 4.89 Å². The number of aromatic nitrogens is 2. The lowest BCUT2D eigenvalue weighted by atomic mass is 10.1. The van der Waals surface area contributed by atoms with Crippen LogP contribution in [0, 0.1) is 0 Å². The van der Waals surface area contributed by atoms with Crippen LogP contribution >= 0.6 is 12.0 Å². The molecule has 0 spiro atoms. The summed E-state index contributed by atoms with van der Waals surface area (Å²) in [6.07, 6.45) is 3.30. The van der Waals surface area contributed by atoms with E-state index >= 15 is 0 Å². The van der Waals surface area contributed by atoms with E-state index in [1.54, 1.807) is 60.6 Å². The number of aryl methyl sites for hydroxylation is 1. The van der Waals surface area contributed by atoms with Gasteiger partial charge in [0.1, 0.15) is 17.1 Å². The predicted molar refractivity (Wildman–Crippen MR) is 108 cm³/mol. The number of furan rings is 1. The van der Waals surface area contributed by atoms with E-state index in [1.807, 2.05) is 12.1 Å². The van der Waals surface area contributed by atoms with E-state index in [1.165, 1.54) is 7.11 Å². The molecule has 0 fully saturated rings. The number of rotatable bonds is 7. The van der Waals surface area contributed by atoms with Crippen molar-refractivity contribution in [2.45, 2.75) is 4.90 Å². The number of hydrogen-bond donors (Lipinski definition) is 1. The maximum absolute atomic E-state index is 12.7. The highest BCUT2D eigenvalue weighted by atomic mass is 32.2. The average Bonchev–Trinajstić information content (AvgIpc) is 3.36. The highest BCUT2D eigenvalue weighted by molar-refractivity contribution is 7.94. The number of carbonyl (C=O) groups excluding carboxylic acids is 1. The van der Waals surface area contributed by atoms with Gasteiger partial charge in [0.05, 0.1) is 30.8 Å². The normalized spacial score (nSPS) is 11.0. The van der Waals surface area contributed by atoms with E-state index in [0.29, 0.717) is 28.5 Å². The van der Waals surface area contributed by atoms with Crippen LogP contribution in [-0.2, 0) is 16.3 Å². The standard InChI is InChI=1S/C20H17N3O5S/c1-23-9-7-19(22-23)21-20(24)13-11-17-16(8-10-26-17)18(12-13)27-14-3-5-15(6-4-14)29-28-25-2/h3-12H,1-2H3,(H,21,22,24). The second-order valence-electron chi connectivity index (χ2n) is 6.03. The van der Waals surface area contributed by atoms with Crippen molar-refractivity contribution in [2.75, 3.05) is 12.4 Å². The van der Waals surface area contributed by atoms with E-state index in [2.05, 4.69) is 15.3 Å². The van der Waals surface area contributed by atoms with Crippen molar-refractivity contribution in [3.05, 3.63) is 66.6 Å². The second kappa shape index (κ2) is 8.39. The van der Waals surface area contributed by atoms with Gasteiger partial charge in [-0.2, -0.15) is 9.43 Å². The minimum Gasteiger partial charge on any atom is -0.464 e. The fourth-order valence-corrected chi connectivity index (χ4v) is 3.08. The molecule has 0 saturated carbocycles. The summed E-state index contributed by atoms with van der Waals surface area (Å²) in [7, 11) is 3.22. The molecular formula is C20H17N3O5S. The van der Waals surface area contributed by atoms with Gasteiger partial charge in [-0.15, -0.1) is 0 Å². The van der Waals surface area contributed by atoms with E-state index in [0.717, 1.165) is 22.3 Å². The maximum Gasteiger partial charge on any atom is 0.257 e. The highest BCUT2D eigenvalue weighted by Gasteiger charge is 2.15. The van der Waals surface area contributed by atoms with Gasteiger partial charge in [-0.1, -0.05) is 0 Å². The highest BCUT2D eigenvalue weighted by Crippen LogP contribution is 2.33. The fraction of sp³-hybridized carbons (Fsp3) is 0.100. The number of nitrogens with one attached hydrogen (secondary N) is 1. The molecule has 2 aromatic heterocycles. The quantitative estimate of drug-likeness (QED) is 0.266. The van der Waals surface area contributed by atoms with Gasteiger partial charge in [0.2, 0.25) is 0 Å². The number of nitrogens with zero attached hydrogens (tertiary/aromatic N) is 2.